The van der Waals surface area contributed by atoms with E-state index in [1.807, 2.05) is 25.1 Å². The molecule has 1 aliphatic rings. The van der Waals surface area contributed by atoms with E-state index in [0.29, 0.717) is 13.1 Å². The van der Waals surface area contributed by atoms with Crippen LogP contribution < -0.4 is 21.1 Å². The lowest BCUT2D eigenvalue weighted by atomic mass is 9.93. The number of nitrogens with one attached hydrogen (secondary N) is 2. The maximum Gasteiger partial charge on any atom is 0.142 e. The normalized spacial score (nSPS) is 13.9. The van der Waals surface area contributed by atoms with E-state index in [4.69, 9.17) is 10.5 Å². The Morgan fingerprint density at radius 2 is 2.00 bits per heavy atom. The Hall–Kier alpha value is -3.32. The summed E-state index contributed by atoms with van der Waals surface area (Å²) >= 11 is 0. The smallest absolute Gasteiger partial charge is 0.142 e. The molecule has 1 aliphatic carbocycles. The first-order valence-corrected chi connectivity index (χ1v) is 11.4. The number of hydrogen-bond acceptors (Lipinski definition) is 6. The molecular weight excluding hydrogens is 414 g/mol. The van der Waals surface area contributed by atoms with Gasteiger partial charge in [0.2, 0.25) is 0 Å². The molecule has 0 atom stereocenters. The monoisotopic (exact) mass is 449 g/mol. The molecule has 0 aliphatic heterocycles. The van der Waals surface area contributed by atoms with Gasteiger partial charge in [-0.2, -0.15) is 0 Å². The highest BCUT2D eigenvalue weighted by atomic mass is 16.5. The maximum absolute atomic E-state index is 9.23. The molecule has 7 heteroatoms. The number of allylic oxidation sites excluding steroid dienone is 3. The number of aromatic nitrogens is 1. The molecule has 1 aromatic heterocycles. The van der Waals surface area contributed by atoms with Crippen LogP contribution in [-0.4, -0.2) is 30.1 Å². The van der Waals surface area contributed by atoms with E-state index < -0.39 is 0 Å². The van der Waals surface area contributed by atoms with Gasteiger partial charge < -0.3 is 26.2 Å². The van der Waals surface area contributed by atoms with Crippen molar-refractivity contribution in [3.8, 4) is 5.75 Å². The third-order valence-electron chi connectivity index (χ3n) is 5.72. The van der Waals surface area contributed by atoms with Crippen molar-refractivity contribution in [2.24, 2.45) is 10.7 Å². The van der Waals surface area contributed by atoms with Crippen LogP contribution in [0.5, 0.6) is 5.75 Å². The lowest BCUT2D eigenvalue weighted by Gasteiger charge is -2.20. The van der Waals surface area contributed by atoms with Gasteiger partial charge in [0.1, 0.15) is 11.4 Å². The highest BCUT2D eigenvalue weighted by Gasteiger charge is 2.12. The van der Waals surface area contributed by atoms with E-state index >= 15 is 0 Å². The topological polar surface area (TPSA) is 105 Å². The summed E-state index contributed by atoms with van der Waals surface area (Å²) < 4.78 is 5.45. The number of nitrogens with zero attached hydrogens (tertiary/aromatic N) is 2. The van der Waals surface area contributed by atoms with Crippen LogP contribution in [0, 0.1) is 6.92 Å². The molecular formula is C26H35N5O2. The minimum absolute atomic E-state index is 0.220. The molecule has 3 rings (SSSR count). The van der Waals surface area contributed by atoms with Gasteiger partial charge in [0.05, 0.1) is 31.4 Å². The van der Waals surface area contributed by atoms with Crippen molar-refractivity contribution in [3.05, 3.63) is 70.2 Å². The SMILES string of the molecule is COc1ccc(C)nc1CNc1cc(CNC2=C(CCCO)CCC(C)=C2)ccc1N=CN. The van der Waals surface area contributed by atoms with Crippen molar-refractivity contribution >= 4 is 17.7 Å². The van der Waals surface area contributed by atoms with Gasteiger partial charge in [-0.25, -0.2) is 4.99 Å². The molecule has 1 aromatic carbocycles. The number of ether oxygens (including phenoxy) is 1. The third kappa shape index (κ3) is 6.83. The average Bonchev–Trinajstić information content (AvgIpc) is 2.82. The molecule has 0 spiro atoms. The third-order valence-corrected chi connectivity index (χ3v) is 5.72. The first-order valence-electron chi connectivity index (χ1n) is 11.4. The zero-order chi connectivity index (χ0) is 23.6. The standard InChI is InChI=1S/C26H35N5O2/c1-18-6-9-21(5-4-12-32)23(13-18)28-15-20-8-10-22(30-17-27)24(14-20)29-16-25-26(33-3)11-7-19(2)31-25/h7-8,10-11,13-14,17,28-29,32H,4-6,9,12,15-16H2,1-3H3,(H2,27,30). The first kappa shape index (κ1) is 24.3. The number of aliphatic hydroxyl groups is 1. The summed E-state index contributed by atoms with van der Waals surface area (Å²) in [6.45, 7) is 5.55. The Kier molecular flexibility index (Phi) is 8.89. The van der Waals surface area contributed by atoms with Crippen LogP contribution >= 0.6 is 0 Å². The average molecular weight is 450 g/mol. The van der Waals surface area contributed by atoms with Gasteiger partial charge in [0.25, 0.3) is 0 Å². The molecule has 0 saturated heterocycles. The molecule has 33 heavy (non-hydrogen) atoms. The number of rotatable bonds is 11. The number of methoxy groups -OCH3 is 1. The zero-order valence-electron chi connectivity index (χ0n) is 19.8. The van der Waals surface area contributed by atoms with Gasteiger partial charge in [0, 0.05) is 24.5 Å². The minimum Gasteiger partial charge on any atom is -0.495 e. The van der Waals surface area contributed by atoms with E-state index in [9.17, 15) is 5.11 Å². The second-order valence-electron chi connectivity index (χ2n) is 8.27. The number of nitrogens with two attached hydrogens (primary N) is 1. The van der Waals surface area contributed by atoms with Crippen molar-refractivity contribution < 1.29 is 9.84 Å². The van der Waals surface area contributed by atoms with E-state index in [-0.39, 0.29) is 6.61 Å². The number of pyridine rings is 1. The molecule has 0 fully saturated rings. The largest absolute Gasteiger partial charge is 0.495 e. The Bertz CT molecular complexity index is 1040. The van der Waals surface area contributed by atoms with Gasteiger partial charge in [-0.05, 0) is 81.0 Å². The minimum atomic E-state index is 0.220. The van der Waals surface area contributed by atoms with Crippen LogP contribution in [0.4, 0.5) is 11.4 Å². The second kappa shape index (κ2) is 12.1. The van der Waals surface area contributed by atoms with E-state index in [0.717, 1.165) is 59.8 Å². The highest BCUT2D eigenvalue weighted by Crippen LogP contribution is 2.29. The van der Waals surface area contributed by atoms with Crippen molar-refractivity contribution in [1.82, 2.24) is 10.3 Å². The summed E-state index contributed by atoms with van der Waals surface area (Å²) in [6.07, 6.45) is 7.39. The fourth-order valence-corrected chi connectivity index (χ4v) is 3.95. The Balaban J connectivity index is 1.77. The Morgan fingerprint density at radius 3 is 2.76 bits per heavy atom. The van der Waals surface area contributed by atoms with E-state index in [1.54, 1.807) is 7.11 Å². The molecule has 176 valence electrons. The molecule has 0 unspecified atom stereocenters. The number of benzene rings is 1. The van der Waals surface area contributed by atoms with Crippen LogP contribution in [0.25, 0.3) is 0 Å². The predicted octanol–water partition coefficient (Wildman–Crippen LogP) is 4.49. The van der Waals surface area contributed by atoms with Gasteiger partial charge in [-0.1, -0.05) is 11.6 Å². The molecule has 7 nitrogen and oxygen atoms in total. The summed E-state index contributed by atoms with van der Waals surface area (Å²) in [5.41, 5.74) is 14.1. The maximum atomic E-state index is 9.23. The molecule has 5 N–H and O–H groups in total. The van der Waals surface area contributed by atoms with Gasteiger partial charge in [-0.15, -0.1) is 0 Å². The number of aliphatic imine (C=N–C) groups is 1. The highest BCUT2D eigenvalue weighted by molar-refractivity contribution is 5.71. The van der Waals surface area contributed by atoms with E-state index in [1.165, 1.54) is 23.2 Å². The molecule has 0 radical (unpaired) electrons. The van der Waals surface area contributed by atoms with Crippen molar-refractivity contribution in [2.45, 2.75) is 52.6 Å². The van der Waals surface area contributed by atoms with Crippen LogP contribution in [-0.2, 0) is 13.1 Å². The number of aryl methyl sites for hydroxylation is 1. The van der Waals surface area contributed by atoms with Crippen LogP contribution in [0.15, 0.2) is 58.2 Å². The molecule has 0 bridgehead atoms. The lowest BCUT2D eigenvalue weighted by molar-refractivity contribution is 0.287. The van der Waals surface area contributed by atoms with Gasteiger partial charge >= 0.3 is 0 Å². The van der Waals surface area contributed by atoms with Crippen molar-refractivity contribution in [2.75, 3.05) is 19.0 Å². The summed E-state index contributed by atoms with van der Waals surface area (Å²) in [5, 5.41) is 16.3. The second-order valence-corrected chi connectivity index (χ2v) is 8.27. The van der Waals surface area contributed by atoms with Crippen LogP contribution in [0.1, 0.15) is 49.6 Å². The van der Waals surface area contributed by atoms with Crippen LogP contribution in [0.3, 0.4) is 0 Å². The molecule has 2 aromatic rings. The number of aliphatic hydroxyl groups excluding tert-OH is 1. The van der Waals surface area contributed by atoms with E-state index in [2.05, 4.69) is 45.7 Å². The zero-order valence-corrected chi connectivity index (χ0v) is 19.8. The van der Waals surface area contributed by atoms with Crippen LogP contribution in [0.2, 0.25) is 0 Å². The number of hydrogen-bond donors (Lipinski definition) is 4. The predicted molar refractivity (Wildman–Crippen MR) is 135 cm³/mol. The first-order chi connectivity index (χ1) is 16.0. The Labute approximate surface area is 196 Å². The van der Waals surface area contributed by atoms with Gasteiger partial charge in [0.15, 0.2) is 0 Å². The fraction of sp³-hybridized carbons (Fsp3) is 0.385. The molecule has 0 amide bonds. The Morgan fingerprint density at radius 1 is 1.15 bits per heavy atom. The lowest BCUT2D eigenvalue weighted by Crippen LogP contribution is -2.16. The summed E-state index contributed by atoms with van der Waals surface area (Å²) in [6, 6.07) is 9.97. The summed E-state index contributed by atoms with van der Waals surface area (Å²) in [5.74, 6) is 0.747. The quantitative estimate of drug-likeness (QED) is 0.298. The van der Waals surface area contributed by atoms with Crippen molar-refractivity contribution in [3.63, 3.8) is 0 Å². The molecule has 1 heterocycles. The van der Waals surface area contributed by atoms with Gasteiger partial charge in [-0.3, -0.25) is 4.98 Å². The number of anilines is 1. The summed E-state index contributed by atoms with van der Waals surface area (Å²) in [7, 11) is 1.65. The molecule has 0 saturated carbocycles. The van der Waals surface area contributed by atoms with Crippen molar-refractivity contribution in [1.29, 1.82) is 0 Å². The fourth-order valence-electron chi connectivity index (χ4n) is 3.95. The summed E-state index contributed by atoms with van der Waals surface area (Å²) in [4.78, 5) is 8.90.